The third-order valence-corrected chi connectivity index (χ3v) is 4.36. The first kappa shape index (κ1) is 12.6. The SMILES string of the molecule is CCNCc1csc(CSc2ccccc2)n1. The van der Waals surface area contributed by atoms with Gasteiger partial charge in [-0.25, -0.2) is 4.98 Å². The lowest BCUT2D eigenvalue weighted by Gasteiger charge is -1.98. The van der Waals surface area contributed by atoms with Crippen LogP contribution in [0.15, 0.2) is 40.6 Å². The first-order valence-corrected chi connectivity index (χ1v) is 7.57. The van der Waals surface area contributed by atoms with E-state index in [1.54, 1.807) is 11.3 Å². The normalized spacial score (nSPS) is 10.6. The minimum atomic E-state index is 0.878. The van der Waals surface area contributed by atoms with E-state index >= 15 is 0 Å². The van der Waals surface area contributed by atoms with E-state index in [9.17, 15) is 0 Å². The molecule has 1 aromatic carbocycles. The Kier molecular flexibility index (Phi) is 5.04. The third-order valence-electron chi connectivity index (χ3n) is 2.26. The standard InChI is InChI=1S/C13H16N2S2/c1-2-14-8-11-9-17-13(15-11)10-16-12-6-4-3-5-7-12/h3-7,9,14H,2,8,10H2,1H3. The van der Waals surface area contributed by atoms with Gasteiger partial charge in [-0.2, -0.15) is 0 Å². The highest BCUT2D eigenvalue weighted by molar-refractivity contribution is 7.98. The van der Waals surface area contributed by atoms with E-state index in [1.165, 1.54) is 9.90 Å². The van der Waals surface area contributed by atoms with E-state index in [-0.39, 0.29) is 0 Å². The summed E-state index contributed by atoms with van der Waals surface area (Å²) in [6.07, 6.45) is 0. The van der Waals surface area contributed by atoms with E-state index in [0.717, 1.165) is 24.5 Å². The molecule has 0 saturated heterocycles. The van der Waals surface area contributed by atoms with Gasteiger partial charge in [0.15, 0.2) is 0 Å². The highest BCUT2D eigenvalue weighted by Crippen LogP contribution is 2.23. The Bertz CT molecular complexity index is 440. The van der Waals surface area contributed by atoms with Crippen LogP contribution in [-0.2, 0) is 12.3 Å². The maximum Gasteiger partial charge on any atom is 0.103 e. The van der Waals surface area contributed by atoms with E-state index < -0.39 is 0 Å². The number of thiazole rings is 1. The molecule has 1 aromatic heterocycles. The molecule has 0 aliphatic rings. The lowest BCUT2D eigenvalue weighted by molar-refractivity contribution is 0.713. The molecule has 1 heterocycles. The molecule has 0 bridgehead atoms. The number of hydrogen-bond acceptors (Lipinski definition) is 4. The number of rotatable bonds is 6. The van der Waals surface area contributed by atoms with Crippen molar-refractivity contribution >= 4 is 23.1 Å². The number of nitrogens with one attached hydrogen (secondary N) is 1. The van der Waals surface area contributed by atoms with Gasteiger partial charge in [0.2, 0.25) is 0 Å². The molecule has 0 aliphatic heterocycles. The molecule has 90 valence electrons. The molecule has 2 nitrogen and oxygen atoms in total. The van der Waals surface area contributed by atoms with Crippen LogP contribution >= 0.6 is 23.1 Å². The molecule has 0 unspecified atom stereocenters. The topological polar surface area (TPSA) is 24.9 Å². The molecule has 0 saturated carbocycles. The molecule has 2 rings (SSSR count). The van der Waals surface area contributed by atoms with Gasteiger partial charge in [0.1, 0.15) is 5.01 Å². The molecular weight excluding hydrogens is 248 g/mol. The molecule has 0 radical (unpaired) electrons. The van der Waals surface area contributed by atoms with Gasteiger partial charge in [-0.15, -0.1) is 23.1 Å². The predicted octanol–water partition coefficient (Wildman–Crippen LogP) is 3.54. The minimum Gasteiger partial charge on any atom is -0.311 e. The maximum atomic E-state index is 4.60. The monoisotopic (exact) mass is 264 g/mol. The fraction of sp³-hybridized carbons (Fsp3) is 0.308. The summed E-state index contributed by atoms with van der Waals surface area (Å²) in [6, 6.07) is 10.5. The van der Waals surface area contributed by atoms with Crippen LogP contribution in [0, 0.1) is 0 Å². The lowest BCUT2D eigenvalue weighted by Crippen LogP contribution is -2.11. The average Bonchev–Trinajstić information content (AvgIpc) is 2.83. The molecule has 0 fully saturated rings. The van der Waals surface area contributed by atoms with E-state index in [1.807, 2.05) is 17.8 Å². The summed E-state index contributed by atoms with van der Waals surface area (Å²) in [4.78, 5) is 5.90. The van der Waals surface area contributed by atoms with E-state index in [2.05, 4.69) is 46.9 Å². The van der Waals surface area contributed by atoms with Crippen LogP contribution < -0.4 is 5.32 Å². The van der Waals surface area contributed by atoms with Gasteiger partial charge < -0.3 is 5.32 Å². The average molecular weight is 264 g/mol. The van der Waals surface area contributed by atoms with Crippen molar-refractivity contribution < 1.29 is 0 Å². The van der Waals surface area contributed by atoms with Gasteiger partial charge in [0.05, 0.1) is 11.4 Å². The van der Waals surface area contributed by atoms with Crippen LogP contribution in [0.25, 0.3) is 0 Å². The highest BCUT2D eigenvalue weighted by Gasteiger charge is 2.02. The summed E-state index contributed by atoms with van der Waals surface area (Å²) in [6.45, 7) is 3.98. The zero-order valence-corrected chi connectivity index (χ0v) is 11.5. The molecule has 0 aliphatic carbocycles. The van der Waals surface area contributed by atoms with Crippen LogP contribution in [0.5, 0.6) is 0 Å². The van der Waals surface area contributed by atoms with Gasteiger partial charge in [-0.05, 0) is 18.7 Å². The molecule has 17 heavy (non-hydrogen) atoms. The zero-order chi connectivity index (χ0) is 11.9. The fourth-order valence-corrected chi connectivity index (χ4v) is 3.14. The molecule has 2 aromatic rings. The van der Waals surface area contributed by atoms with Crippen LogP contribution in [-0.4, -0.2) is 11.5 Å². The number of hydrogen-bond donors (Lipinski definition) is 1. The summed E-state index contributed by atoms with van der Waals surface area (Å²) >= 11 is 3.59. The van der Waals surface area contributed by atoms with Crippen LogP contribution in [0.2, 0.25) is 0 Å². The minimum absolute atomic E-state index is 0.878. The van der Waals surface area contributed by atoms with E-state index in [0.29, 0.717) is 0 Å². The molecule has 0 atom stereocenters. The van der Waals surface area contributed by atoms with Crippen LogP contribution in [0.3, 0.4) is 0 Å². The smallest absolute Gasteiger partial charge is 0.103 e. The molecule has 1 N–H and O–H groups in total. The van der Waals surface area contributed by atoms with Crippen LogP contribution in [0.1, 0.15) is 17.6 Å². The Labute approximate surface area is 110 Å². The lowest BCUT2D eigenvalue weighted by atomic mass is 10.4. The molecule has 0 spiro atoms. The Morgan fingerprint density at radius 2 is 2.12 bits per heavy atom. The van der Waals surface area contributed by atoms with Crippen molar-refractivity contribution in [1.29, 1.82) is 0 Å². The number of thioether (sulfide) groups is 1. The second-order valence-corrected chi connectivity index (χ2v) is 5.61. The summed E-state index contributed by atoms with van der Waals surface area (Å²) in [5.41, 5.74) is 1.15. The zero-order valence-electron chi connectivity index (χ0n) is 9.85. The first-order chi connectivity index (χ1) is 8.38. The third kappa shape index (κ3) is 4.15. The van der Waals surface area contributed by atoms with Crippen molar-refractivity contribution in [3.63, 3.8) is 0 Å². The first-order valence-electron chi connectivity index (χ1n) is 5.70. The number of nitrogens with zero attached hydrogens (tertiary/aromatic N) is 1. The number of aromatic nitrogens is 1. The maximum absolute atomic E-state index is 4.60. The largest absolute Gasteiger partial charge is 0.311 e. The summed E-state index contributed by atoms with van der Waals surface area (Å²) in [7, 11) is 0. The van der Waals surface area contributed by atoms with Gasteiger partial charge in [0, 0.05) is 16.8 Å². The summed E-state index contributed by atoms with van der Waals surface area (Å²) < 4.78 is 0. The molecule has 0 amide bonds. The summed E-state index contributed by atoms with van der Waals surface area (Å²) in [5, 5.41) is 6.63. The fourth-order valence-electron chi connectivity index (χ4n) is 1.41. The van der Waals surface area contributed by atoms with Crippen molar-refractivity contribution in [1.82, 2.24) is 10.3 Å². The van der Waals surface area contributed by atoms with Crippen LogP contribution in [0.4, 0.5) is 0 Å². The Balaban J connectivity index is 1.85. The molecule has 4 heteroatoms. The van der Waals surface area contributed by atoms with Crippen molar-refractivity contribution in [3.05, 3.63) is 46.4 Å². The van der Waals surface area contributed by atoms with Crippen molar-refractivity contribution in [2.24, 2.45) is 0 Å². The van der Waals surface area contributed by atoms with Gasteiger partial charge in [-0.1, -0.05) is 25.1 Å². The summed E-state index contributed by atoms with van der Waals surface area (Å²) in [5.74, 6) is 0.959. The van der Waals surface area contributed by atoms with Crippen molar-refractivity contribution in [2.75, 3.05) is 6.54 Å². The highest BCUT2D eigenvalue weighted by atomic mass is 32.2. The van der Waals surface area contributed by atoms with Gasteiger partial charge in [0.25, 0.3) is 0 Å². The predicted molar refractivity (Wildman–Crippen MR) is 75.5 cm³/mol. The van der Waals surface area contributed by atoms with Crippen molar-refractivity contribution in [3.8, 4) is 0 Å². The van der Waals surface area contributed by atoms with E-state index in [4.69, 9.17) is 0 Å². The number of benzene rings is 1. The second kappa shape index (κ2) is 6.79. The van der Waals surface area contributed by atoms with Gasteiger partial charge in [-0.3, -0.25) is 0 Å². The second-order valence-electron chi connectivity index (χ2n) is 3.61. The Morgan fingerprint density at radius 3 is 2.88 bits per heavy atom. The van der Waals surface area contributed by atoms with Crippen molar-refractivity contribution in [2.45, 2.75) is 24.1 Å². The quantitative estimate of drug-likeness (QED) is 0.808. The Morgan fingerprint density at radius 1 is 1.29 bits per heavy atom. The van der Waals surface area contributed by atoms with Gasteiger partial charge >= 0.3 is 0 Å². The Hall–Kier alpha value is -0.840. The molecular formula is C13H16N2S2.